The van der Waals surface area contributed by atoms with Crippen molar-refractivity contribution in [1.29, 1.82) is 0 Å². The molecule has 0 aromatic carbocycles. The first-order valence-corrected chi connectivity index (χ1v) is 6.18. The molecular formula is C12H25NO4. The van der Waals surface area contributed by atoms with E-state index in [1.807, 2.05) is 0 Å². The molecule has 0 aliphatic carbocycles. The maximum Gasteiger partial charge on any atom is 0.303 e. The van der Waals surface area contributed by atoms with E-state index in [0.717, 1.165) is 0 Å². The van der Waals surface area contributed by atoms with Crippen molar-refractivity contribution in [2.24, 2.45) is 0 Å². The van der Waals surface area contributed by atoms with Gasteiger partial charge in [0.1, 0.15) is 0 Å². The van der Waals surface area contributed by atoms with E-state index in [9.17, 15) is 9.59 Å². The summed E-state index contributed by atoms with van der Waals surface area (Å²) in [7, 11) is 0. The Hall–Kier alpha value is -1.10. The van der Waals surface area contributed by atoms with Crippen molar-refractivity contribution in [3.05, 3.63) is 0 Å². The predicted molar refractivity (Wildman–Crippen MR) is 67.2 cm³/mol. The topological polar surface area (TPSA) is 86.6 Å². The van der Waals surface area contributed by atoms with Gasteiger partial charge in [0.2, 0.25) is 0 Å². The highest BCUT2D eigenvalue weighted by Gasteiger charge is 1.99. The Labute approximate surface area is 103 Å². The number of carbonyl (C=O) groups is 2. The zero-order valence-corrected chi connectivity index (χ0v) is 10.9. The number of rotatable bonds is 9. The van der Waals surface area contributed by atoms with Gasteiger partial charge in [-0.3, -0.25) is 9.59 Å². The second-order valence-electron chi connectivity index (χ2n) is 3.74. The van der Waals surface area contributed by atoms with Crippen LogP contribution >= 0.6 is 0 Å². The second-order valence-corrected chi connectivity index (χ2v) is 3.74. The van der Waals surface area contributed by atoms with Crippen LogP contribution in [0.2, 0.25) is 0 Å². The van der Waals surface area contributed by atoms with Crippen LogP contribution in [0.15, 0.2) is 0 Å². The molecule has 3 N–H and O–H groups in total. The number of nitrogens with one attached hydrogen (secondary N) is 1. The van der Waals surface area contributed by atoms with E-state index >= 15 is 0 Å². The fourth-order valence-corrected chi connectivity index (χ4v) is 1.03. The lowest BCUT2D eigenvalue weighted by atomic mass is 10.2. The van der Waals surface area contributed by atoms with Crippen molar-refractivity contribution >= 4 is 11.9 Å². The summed E-state index contributed by atoms with van der Waals surface area (Å²) in [5.74, 6) is -1.74. The van der Waals surface area contributed by atoms with Crippen molar-refractivity contribution < 1.29 is 19.8 Å². The summed E-state index contributed by atoms with van der Waals surface area (Å²) in [6.45, 7) is 6.72. The average molecular weight is 247 g/mol. The Balaban J connectivity index is 0. The van der Waals surface area contributed by atoms with Crippen LogP contribution < -0.4 is 5.32 Å². The van der Waals surface area contributed by atoms with Gasteiger partial charge in [0.05, 0.1) is 0 Å². The predicted octanol–water partition coefficient (Wildman–Crippen LogP) is 2.11. The molecule has 0 saturated heterocycles. The molecule has 0 aromatic heterocycles. The highest BCUT2D eigenvalue weighted by atomic mass is 16.4. The van der Waals surface area contributed by atoms with E-state index in [0.29, 0.717) is 12.8 Å². The zero-order chi connectivity index (χ0) is 13.5. The lowest BCUT2D eigenvalue weighted by molar-refractivity contribution is -0.139. The van der Waals surface area contributed by atoms with Crippen LogP contribution in [0.1, 0.15) is 52.4 Å². The van der Waals surface area contributed by atoms with Crippen LogP contribution in [0.3, 0.4) is 0 Å². The molecule has 0 fully saturated rings. The third kappa shape index (κ3) is 25.3. The van der Waals surface area contributed by atoms with E-state index in [2.05, 4.69) is 19.2 Å². The first kappa shape index (κ1) is 18.3. The fourth-order valence-electron chi connectivity index (χ4n) is 1.03. The Kier molecular flexibility index (Phi) is 16.0. The Morgan fingerprint density at radius 2 is 1.24 bits per heavy atom. The molecule has 0 aliphatic rings. The zero-order valence-electron chi connectivity index (χ0n) is 10.9. The Morgan fingerprint density at radius 3 is 1.47 bits per heavy atom. The molecule has 0 saturated carbocycles. The van der Waals surface area contributed by atoms with Gasteiger partial charge in [-0.1, -0.05) is 13.8 Å². The fraction of sp³-hybridized carbons (Fsp3) is 0.833. The van der Waals surface area contributed by atoms with Gasteiger partial charge < -0.3 is 15.5 Å². The third-order valence-electron chi connectivity index (χ3n) is 1.88. The summed E-state index contributed by atoms with van der Waals surface area (Å²) >= 11 is 0. The molecule has 102 valence electrons. The van der Waals surface area contributed by atoms with E-state index in [1.54, 1.807) is 0 Å². The van der Waals surface area contributed by atoms with Crippen molar-refractivity contribution in [2.45, 2.75) is 52.4 Å². The summed E-state index contributed by atoms with van der Waals surface area (Å²) in [6.07, 6.45) is 3.52. The van der Waals surface area contributed by atoms with Crippen molar-refractivity contribution in [3.63, 3.8) is 0 Å². The van der Waals surface area contributed by atoms with Gasteiger partial charge in [-0.25, -0.2) is 0 Å². The summed E-state index contributed by atoms with van der Waals surface area (Å²) in [5, 5.41) is 19.5. The van der Waals surface area contributed by atoms with Crippen molar-refractivity contribution in [3.8, 4) is 0 Å². The van der Waals surface area contributed by atoms with Gasteiger partial charge in [-0.15, -0.1) is 0 Å². The van der Waals surface area contributed by atoms with Gasteiger partial charge in [-0.2, -0.15) is 0 Å². The number of unbranched alkanes of at least 4 members (excludes halogenated alkanes) is 1. The highest BCUT2D eigenvalue weighted by molar-refractivity contribution is 5.67. The lowest BCUT2D eigenvalue weighted by Gasteiger charge is -1.95. The van der Waals surface area contributed by atoms with E-state index in [4.69, 9.17) is 10.2 Å². The SMILES string of the molecule is CCCNCCC.O=C(O)CCCCC(=O)O. The first-order chi connectivity index (χ1) is 8.04. The molecule has 0 spiro atoms. The molecule has 5 nitrogen and oxygen atoms in total. The summed E-state index contributed by atoms with van der Waals surface area (Å²) in [6, 6.07) is 0. The maximum atomic E-state index is 9.90. The van der Waals surface area contributed by atoms with Gasteiger partial charge in [-0.05, 0) is 38.8 Å². The average Bonchev–Trinajstić information content (AvgIpc) is 2.26. The standard InChI is InChI=1S/C6H15N.C6H10O4/c1-3-5-7-6-4-2;7-5(8)3-1-2-4-6(9)10/h7H,3-6H2,1-2H3;1-4H2,(H,7,8)(H,9,10). The third-order valence-corrected chi connectivity index (χ3v) is 1.88. The van der Waals surface area contributed by atoms with Crippen molar-refractivity contribution in [2.75, 3.05) is 13.1 Å². The van der Waals surface area contributed by atoms with E-state index in [1.165, 1.54) is 25.9 Å². The van der Waals surface area contributed by atoms with Gasteiger partial charge in [0, 0.05) is 12.8 Å². The minimum atomic E-state index is -0.870. The second kappa shape index (κ2) is 14.9. The molecule has 0 rings (SSSR count). The highest BCUT2D eigenvalue weighted by Crippen LogP contribution is 1.98. The lowest BCUT2D eigenvalue weighted by Crippen LogP contribution is -2.14. The molecule has 0 bridgehead atoms. The van der Waals surface area contributed by atoms with E-state index in [-0.39, 0.29) is 12.8 Å². The molecular weight excluding hydrogens is 222 g/mol. The number of hydrogen-bond acceptors (Lipinski definition) is 3. The van der Waals surface area contributed by atoms with Crippen LogP contribution in [0.25, 0.3) is 0 Å². The summed E-state index contributed by atoms with van der Waals surface area (Å²) in [5.41, 5.74) is 0. The maximum absolute atomic E-state index is 9.90. The van der Waals surface area contributed by atoms with Crippen LogP contribution in [-0.4, -0.2) is 35.2 Å². The molecule has 0 atom stereocenters. The normalized spacial score (nSPS) is 9.29. The molecule has 0 unspecified atom stereocenters. The number of carboxylic acids is 2. The molecule has 17 heavy (non-hydrogen) atoms. The van der Waals surface area contributed by atoms with Crippen LogP contribution in [0.4, 0.5) is 0 Å². The molecule has 0 heterocycles. The van der Waals surface area contributed by atoms with Crippen LogP contribution in [-0.2, 0) is 9.59 Å². The van der Waals surface area contributed by atoms with E-state index < -0.39 is 11.9 Å². The number of aliphatic carboxylic acids is 2. The first-order valence-electron chi connectivity index (χ1n) is 6.18. The summed E-state index contributed by atoms with van der Waals surface area (Å²) < 4.78 is 0. The van der Waals surface area contributed by atoms with Crippen molar-refractivity contribution in [1.82, 2.24) is 5.32 Å². The smallest absolute Gasteiger partial charge is 0.303 e. The number of carboxylic acid groups (broad SMARTS) is 2. The Bertz CT molecular complexity index is 175. The largest absolute Gasteiger partial charge is 0.481 e. The van der Waals surface area contributed by atoms with Gasteiger partial charge >= 0.3 is 11.9 Å². The minimum absolute atomic E-state index is 0.0628. The number of hydrogen-bond donors (Lipinski definition) is 3. The van der Waals surface area contributed by atoms with Gasteiger partial charge in [0.15, 0.2) is 0 Å². The molecule has 0 aliphatic heterocycles. The van der Waals surface area contributed by atoms with Gasteiger partial charge in [0.25, 0.3) is 0 Å². The monoisotopic (exact) mass is 247 g/mol. The molecule has 0 aromatic rings. The summed E-state index contributed by atoms with van der Waals surface area (Å²) in [4.78, 5) is 19.8. The quantitative estimate of drug-likeness (QED) is 0.543. The minimum Gasteiger partial charge on any atom is -0.481 e. The molecule has 5 heteroatoms. The van der Waals surface area contributed by atoms with Crippen LogP contribution in [0, 0.1) is 0 Å². The molecule has 0 amide bonds. The van der Waals surface area contributed by atoms with Crippen LogP contribution in [0.5, 0.6) is 0 Å². The molecule has 0 radical (unpaired) electrons. The Morgan fingerprint density at radius 1 is 0.882 bits per heavy atom.